The highest BCUT2D eigenvalue weighted by atomic mass is 16.5. The fraction of sp³-hybridized carbons (Fsp3) is 0.600. The molecule has 1 saturated carbocycles. The molecule has 0 heterocycles. The van der Waals surface area contributed by atoms with Crippen LogP contribution in [-0.2, 0) is 0 Å². The lowest BCUT2D eigenvalue weighted by molar-refractivity contribution is 0.146. The second-order valence-corrected chi connectivity index (χ2v) is 5.08. The minimum absolute atomic E-state index is 0.150. The highest BCUT2D eigenvalue weighted by Gasteiger charge is 2.38. The molecule has 19 heavy (non-hydrogen) atoms. The Balaban J connectivity index is 1.97. The monoisotopic (exact) mass is 265 g/mol. The van der Waals surface area contributed by atoms with Crippen LogP contribution in [0.5, 0.6) is 11.5 Å². The predicted octanol–water partition coefficient (Wildman–Crippen LogP) is 1.97. The van der Waals surface area contributed by atoms with Gasteiger partial charge in [-0.1, -0.05) is 6.07 Å². The van der Waals surface area contributed by atoms with Gasteiger partial charge in [-0.15, -0.1) is 0 Å². The minimum atomic E-state index is -0.178. The van der Waals surface area contributed by atoms with Crippen molar-refractivity contribution in [2.75, 3.05) is 20.3 Å². The van der Waals surface area contributed by atoms with E-state index in [0.29, 0.717) is 6.61 Å². The van der Waals surface area contributed by atoms with Crippen LogP contribution in [0.1, 0.15) is 26.2 Å². The molecule has 0 bridgehead atoms. The highest BCUT2D eigenvalue weighted by Crippen LogP contribution is 2.33. The molecule has 0 saturated heterocycles. The first-order chi connectivity index (χ1) is 9.21. The standard InChI is InChI=1S/C15H23NO3/c1-3-18-12-5-4-6-13(9-12)19-14-7-8-15(10-14,11-17)16-2/h4-6,9,14,16-17H,3,7-8,10-11H2,1-2H3. The summed E-state index contributed by atoms with van der Waals surface area (Å²) in [5.41, 5.74) is -0.178. The molecular weight excluding hydrogens is 242 g/mol. The van der Waals surface area contributed by atoms with Crippen molar-refractivity contribution < 1.29 is 14.6 Å². The maximum atomic E-state index is 9.48. The van der Waals surface area contributed by atoms with Gasteiger partial charge in [-0.25, -0.2) is 0 Å². The van der Waals surface area contributed by atoms with Crippen LogP contribution in [0.15, 0.2) is 24.3 Å². The number of ether oxygens (including phenoxy) is 2. The van der Waals surface area contributed by atoms with Crippen molar-refractivity contribution in [1.82, 2.24) is 5.32 Å². The first-order valence-corrected chi connectivity index (χ1v) is 6.90. The maximum Gasteiger partial charge on any atom is 0.123 e. The lowest BCUT2D eigenvalue weighted by Crippen LogP contribution is -2.44. The predicted molar refractivity (Wildman–Crippen MR) is 74.8 cm³/mol. The summed E-state index contributed by atoms with van der Waals surface area (Å²) in [6.07, 6.45) is 2.88. The third-order valence-corrected chi connectivity index (χ3v) is 3.82. The van der Waals surface area contributed by atoms with E-state index < -0.39 is 0 Å². The summed E-state index contributed by atoms with van der Waals surface area (Å²) in [5.74, 6) is 1.67. The molecule has 0 radical (unpaired) electrons. The SMILES string of the molecule is CCOc1cccc(OC2CCC(CO)(NC)C2)c1. The van der Waals surface area contributed by atoms with E-state index in [4.69, 9.17) is 9.47 Å². The van der Waals surface area contributed by atoms with Gasteiger partial charge < -0.3 is 19.9 Å². The number of hydrogen-bond donors (Lipinski definition) is 2. The highest BCUT2D eigenvalue weighted by molar-refractivity contribution is 5.33. The van der Waals surface area contributed by atoms with Crippen molar-refractivity contribution in [1.29, 1.82) is 0 Å². The van der Waals surface area contributed by atoms with Crippen molar-refractivity contribution in [2.24, 2.45) is 0 Å². The van der Waals surface area contributed by atoms with Gasteiger partial charge in [0.05, 0.1) is 13.2 Å². The molecule has 4 nitrogen and oxygen atoms in total. The van der Waals surface area contributed by atoms with E-state index in [1.807, 2.05) is 38.2 Å². The zero-order valence-corrected chi connectivity index (χ0v) is 11.7. The van der Waals surface area contributed by atoms with E-state index in [1.54, 1.807) is 0 Å². The third kappa shape index (κ3) is 3.39. The second kappa shape index (κ2) is 6.26. The van der Waals surface area contributed by atoms with E-state index in [1.165, 1.54) is 0 Å². The number of aliphatic hydroxyl groups excluding tert-OH is 1. The first kappa shape index (κ1) is 14.2. The van der Waals surface area contributed by atoms with Gasteiger partial charge in [0.15, 0.2) is 0 Å². The van der Waals surface area contributed by atoms with Gasteiger partial charge in [-0.2, -0.15) is 0 Å². The molecule has 1 aromatic carbocycles. The molecular formula is C15H23NO3. The summed E-state index contributed by atoms with van der Waals surface area (Å²) in [6.45, 7) is 2.77. The van der Waals surface area contributed by atoms with Gasteiger partial charge in [0.1, 0.15) is 17.6 Å². The Kier molecular flexibility index (Phi) is 4.66. The summed E-state index contributed by atoms with van der Waals surface area (Å²) in [5, 5.41) is 12.7. The van der Waals surface area contributed by atoms with Crippen LogP contribution in [0, 0.1) is 0 Å². The summed E-state index contributed by atoms with van der Waals surface area (Å²) in [4.78, 5) is 0. The van der Waals surface area contributed by atoms with Gasteiger partial charge in [0.25, 0.3) is 0 Å². The summed E-state index contributed by atoms with van der Waals surface area (Å²) < 4.78 is 11.5. The molecule has 1 aromatic rings. The van der Waals surface area contributed by atoms with Crippen molar-refractivity contribution in [3.8, 4) is 11.5 Å². The van der Waals surface area contributed by atoms with Crippen LogP contribution < -0.4 is 14.8 Å². The van der Waals surface area contributed by atoms with E-state index in [-0.39, 0.29) is 18.2 Å². The molecule has 0 aromatic heterocycles. The smallest absolute Gasteiger partial charge is 0.123 e. The van der Waals surface area contributed by atoms with Gasteiger partial charge in [0.2, 0.25) is 0 Å². The van der Waals surface area contributed by atoms with Gasteiger partial charge in [-0.3, -0.25) is 0 Å². The Hall–Kier alpha value is -1.26. The molecule has 0 amide bonds. The van der Waals surface area contributed by atoms with Crippen molar-refractivity contribution >= 4 is 0 Å². The molecule has 2 N–H and O–H groups in total. The maximum absolute atomic E-state index is 9.48. The zero-order valence-electron chi connectivity index (χ0n) is 11.7. The van der Waals surface area contributed by atoms with Crippen LogP contribution in [0.4, 0.5) is 0 Å². The summed E-state index contributed by atoms with van der Waals surface area (Å²) in [7, 11) is 1.90. The van der Waals surface area contributed by atoms with Crippen LogP contribution in [0.25, 0.3) is 0 Å². The number of hydrogen-bond acceptors (Lipinski definition) is 4. The molecule has 2 rings (SSSR count). The number of rotatable bonds is 6. The molecule has 106 valence electrons. The first-order valence-electron chi connectivity index (χ1n) is 6.90. The average Bonchev–Trinajstić information content (AvgIpc) is 2.84. The van der Waals surface area contributed by atoms with Crippen molar-refractivity contribution in [3.63, 3.8) is 0 Å². The van der Waals surface area contributed by atoms with Gasteiger partial charge in [-0.05, 0) is 38.9 Å². The van der Waals surface area contributed by atoms with E-state index in [2.05, 4.69) is 5.32 Å². The molecule has 2 unspecified atom stereocenters. The molecule has 1 fully saturated rings. The molecule has 4 heteroatoms. The topological polar surface area (TPSA) is 50.7 Å². The van der Waals surface area contributed by atoms with Crippen LogP contribution in [-0.4, -0.2) is 37.0 Å². The van der Waals surface area contributed by atoms with E-state index >= 15 is 0 Å². The zero-order chi connectivity index (χ0) is 13.7. The minimum Gasteiger partial charge on any atom is -0.494 e. The Morgan fingerprint density at radius 1 is 1.42 bits per heavy atom. The fourth-order valence-electron chi connectivity index (χ4n) is 2.62. The largest absolute Gasteiger partial charge is 0.494 e. The molecule has 0 spiro atoms. The number of nitrogens with one attached hydrogen (secondary N) is 1. The lowest BCUT2D eigenvalue weighted by atomic mass is 9.99. The van der Waals surface area contributed by atoms with Crippen molar-refractivity contribution in [2.45, 2.75) is 37.8 Å². The second-order valence-electron chi connectivity index (χ2n) is 5.08. The molecule has 1 aliphatic carbocycles. The van der Waals surface area contributed by atoms with E-state index in [9.17, 15) is 5.11 Å². The number of likely N-dealkylation sites (N-methyl/N-ethyl adjacent to an activating group) is 1. The Labute approximate surface area is 114 Å². The molecule has 1 aliphatic rings. The Morgan fingerprint density at radius 3 is 2.84 bits per heavy atom. The van der Waals surface area contributed by atoms with Crippen LogP contribution in [0.2, 0.25) is 0 Å². The summed E-state index contributed by atoms with van der Waals surface area (Å²) in [6, 6.07) is 7.73. The Morgan fingerprint density at radius 2 is 2.21 bits per heavy atom. The van der Waals surface area contributed by atoms with E-state index in [0.717, 1.165) is 30.8 Å². The van der Waals surface area contributed by atoms with Crippen LogP contribution in [0.3, 0.4) is 0 Å². The molecule has 2 atom stereocenters. The number of benzene rings is 1. The van der Waals surface area contributed by atoms with Gasteiger partial charge in [0, 0.05) is 18.0 Å². The number of aliphatic hydroxyl groups is 1. The fourth-order valence-corrected chi connectivity index (χ4v) is 2.62. The quantitative estimate of drug-likeness (QED) is 0.825. The Bertz CT molecular complexity index is 404. The third-order valence-electron chi connectivity index (χ3n) is 3.82. The normalized spacial score (nSPS) is 26.4. The lowest BCUT2D eigenvalue weighted by Gasteiger charge is -2.26. The van der Waals surface area contributed by atoms with Crippen LogP contribution >= 0.6 is 0 Å². The average molecular weight is 265 g/mol. The van der Waals surface area contributed by atoms with Gasteiger partial charge >= 0.3 is 0 Å². The van der Waals surface area contributed by atoms with Crippen molar-refractivity contribution in [3.05, 3.63) is 24.3 Å². The summed E-state index contributed by atoms with van der Waals surface area (Å²) >= 11 is 0. The molecule has 0 aliphatic heterocycles.